The third-order valence-corrected chi connectivity index (χ3v) is 2.56. The zero-order chi connectivity index (χ0) is 15.3. The molecule has 1 rings (SSSR count). The fraction of sp³-hybridized carbons (Fsp3) is 0.462. The molecule has 0 aliphatic rings. The molecule has 7 heteroatoms. The van der Waals surface area contributed by atoms with E-state index in [2.05, 4.69) is 0 Å². The Morgan fingerprint density at radius 2 is 2.05 bits per heavy atom. The first-order valence-corrected chi connectivity index (χ1v) is 5.91. The number of nitrogens with one attached hydrogen (secondary N) is 1. The van der Waals surface area contributed by atoms with Crippen molar-refractivity contribution in [1.29, 1.82) is 0 Å². The summed E-state index contributed by atoms with van der Waals surface area (Å²) >= 11 is 0. The van der Waals surface area contributed by atoms with E-state index in [0.29, 0.717) is 5.75 Å². The number of rotatable bonds is 5. The van der Waals surface area contributed by atoms with Crippen LogP contribution in [0.2, 0.25) is 0 Å². The van der Waals surface area contributed by atoms with Crippen LogP contribution in [0.4, 0.5) is 13.2 Å². The van der Waals surface area contributed by atoms with Crippen LogP contribution in [0.1, 0.15) is 11.1 Å². The lowest BCUT2D eigenvalue weighted by Crippen LogP contribution is -2.42. The first kappa shape index (κ1) is 16.3. The predicted octanol–water partition coefficient (Wildman–Crippen LogP) is 1.72. The lowest BCUT2D eigenvalue weighted by molar-refractivity contribution is -0.201. The molecule has 2 N–H and O–H groups in total. The maximum atomic E-state index is 12.0. The summed E-state index contributed by atoms with van der Waals surface area (Å²) in [5.41, 5.74) is 1.86. The Labute approximate surface area is 114 Å². The standard InChI is InChI=1S/C13H16F3NO3/c1-8-3-4-10(9(2)5-8)20-7-12(19)17-6-11(18)13(14,15)16/h3-5,11,18H,6-7H2,1-2H3,(H,17,19). The predicted molar refractivity (Wildman–Crippen MR) is 66.5 cm³/mol. The molecule has 1 aromatic carbocycles. The zero-order valence-corrected chi connectivity index (χ0v) is 11.1. The Morgan fingerprint density at radius 1 is 1.40 bits per heavy atom. The number of benzene rings is 1. The second kappa shape index (κ2) is 6.60. The molecular weight excluding hydrogens is 275 g/mol. The molecular formula is C13H16F3NO3. The van der Waals surface area contributed by atoms with Gasteiger partial charge in [0.2, 0.25) is 0 Å². The zero-order valence-electron chi connectivity index (χ0n) is 11.1. The summed E-state index contributed by atoms with van der Waals surface area (Å²) in [7, 11) is 0. The quantitative estimate of drug-likeness (QED) is 0.868. The van der Waals surface area contributed by atoms with E-state index in [0.717, 1.165) is 11.1 Å². The van der Waals surface area contributed by atoms with Crippen molar-refractivity contribution in [2.45, 2.75) is 26.1 Å². The minimum atomic E-state index is -4.75. The van der Waals surface area contributed by atoms with Gasteiger partial charge >= 0.3 is 6.18 Å². The Bertz CT molecular complexity index is 474. The highest BCUT2D eigenvalue weighted by Gasteiger charge is 2.38. The molecule has 0 heterocycles. The van der Waals surface area contributed by atoms with Gasteiger partial charge in [0.25, 0.3) is 5.91 Å². The number of alkyl halides is 3. The molecule has 1 aromatic rings. The number of aryl methyl sites for hydroxylation is 2. The van der Waals surface area contributed by atoms with E-state index in [-0.39, 0.29) is 0 Å². The van der Waals surface area contributed by atoms with Crippen molar-refractivity contribution in [2.24, 2.45) is 0 Å². The Kier molecular flexibility index (Phi) is 5.38. The van der Waals surface area contributed by atoms with E-state index < -0.39 is 31.3 Å². The molecule has 0 spiro atoms. The summed E-state index contributed by atoms with van der Waals surface area (Å²) in [6, 6.07) is 5.34. The van der Waals surface area contributed by atoms with Crippen molar-refractivity contribution in [3.05, 3.63) is 29.3 Å². The fourth-order valence-electron chi connectivity index (χ4n) is 1.48. The summed E-state index contributed by atoms with van der Waals surface area (Å²) < 4.78 is 41.2. The van der Waals surface area contributed by atoms with Crippen molar-refractivity contribution in [3.63, 3.8) is 0 Å². The summed E-state index contributed by atoms with van der Waals surface area (Å²) in [5, 5.41) is 10.7. The van der Waals surface area contributed by atoms with E-state index >= 15 is 0 Å². The van der Waals surface area contributed by atoms with E-state index in [1.165, 1.54) is 0 Å². The molecule has 1 atom stereocenters. The number of carbonyl (C=O) groups excluding carboxylic acids is 1. The minimum absolute atomic E-state index is 0.408. The number of ether oxygens (including phenoxy) is 1. The average molecular weight is 291 g/mol. The third-order valence-electron chi connectivity index (χ3n) is 2.56. The van der Waals surface area contributed by atoms with Crippen LogP contribution in [-0.2, 0) is 4.79 Å². The van der Waals surface area contributed by atoms with Gasteiger partial charge in [-0.3, -0.25) is 4.79 Å². The number of halogens is 3. The van der Waals surface area contributed by atoms with Crippen LogP contribution in [0.3, 0.4) is 0 Å². The van der Waals surface area contributed by atoms with Crippen LogP contribution in [-0.4, -0.2) is 36.4 Å². The molecule has 0 aliphatic heterocycles. The largest absolute Gasteiger partial charge is 0.484 e. The number of hydrogen-bond donors (Lipinski definition) is 2. The normalized spacial score (nSPS) is 12.9. The van der Waals surface area contributed by atoms with E-state index in [1.54, 1.807) is 19.1 Å². The smallest absolute Gasteiger partial charge is 0.416 e. The highest BCUT2D eigenvalue weighted by Crippen LogP contribution is 2.19. The molecule has 112 valence electrons. The lowest BCUT2D eigenvalue weighted by atomic mass is 10.1. The first-order chi connectivity index (χ1) is 9.20. The van der Waals surface area contributed by atoms with Gasteiger partial charge in [-0.25, -0.2) is 0 Å². The number of carbonyl (C=O) groups is 1. The van der Waals surface area contributed by atoms with Gasteiger partial charge in [-0.15, -0.1) is 0 Å². The highest BCUT2D eigenvalue weighted by molar-refractivity contribution is 5.77. The van der Waals surface area contributed by atoms with Crippen LogP contribution in [0.15, 0.2) is 18.2 Å². The summed E-state index contributed by atoms with van der Waals surface area (Å²) in [4.78, 5) is 11.3. The second-order valence-corrected chi connectivity index (χ2v) is 4.42. The van der Waals surface area contributed by atoms with Crippen molar-refractivity contribution in [1.82, 2.24) is 5.32 Å². The van der Waals surface area contributed by atoms with Crippen molar-refractivity contribution in [2.75, 3.05) is 13.2 Å². The van der Waals surface area contributed by atoms with Crippen LogP contribution in [0.5, 0.6) is 5.75 Å². The number of aliphatic hydroxyl groups excluding tert-OH is 1. The third kappa shape index (κ3) is 5.08. The Morgan fingerprint density at radius 3 is 2.60 bits per heavy atom. The number of aliphatic hydroxyl groups is 1. The van der Waals surface area contributed by atoms with E-state index in [9.17, 15) is 18.0 Å². The molecule has 0 saturated heterocycles. The lowest BCUT2D eigenvalue weighted by Gasteiger charge is -2.15. The van der Waals surface area contributed by atoms with Gasteiger partial charge < -0.3 is 15.2 Å². The summed E-state index contributed by atoms with van der Waals surface area (Å²) in [6.07, 6.45) is -7.32. The van der Waals surface area contributed by atoms with Gasteiger partial charge in [0.15, 0.2) is 12.7 Å². The van der Waals surface area contributed by atoms with Crippen molar-refractivity contribution < 1.29 is 27.8 Å². The molecule has 0 bridgehead atoms. The SMILES string of the molecule is Cc1ccc(OCC(=O)NCC(O)C(F)(F)F)c(C)c1. The van der Waals surface area contributed by atoms with Crippen LogP contribution in [0.25, 0.3) is 0 Å². The van der Waals surface area contributed by atoms with Crippen molar-refractivity contribution >= 4 is 5.91 Å². The fourth-order valence-corrected chi connectivity index (χ4v) is 1.48. The van der Waals surface area contributed by atoms with Crippen LogP contribution in [0, 0.1) is 13.8 Å². The van der Waals surface area contributed by atoms with E-state index in [4.69, 9.17) is 9.84 Å². The van der Waals surface area contributed by atoms with Gasteiger partial charge in [-0.05, 0) is 25.5 Å². The molecule has 20 heavy (non-hydrogen) atoms. The number of hydrogen-bond acceptors (Lipinski definition) is 3. The molecule has 1 amide bonds. The molecule has 1 unspecified atom stereocenters. The van der Waals surface area contributed by atoms with Gasteiger partial charge in [0.05, 0.1) is 6.54 Å². The average Bonchev–Trinajstić information content (AvgIpc) is 2.33. The molecule has 4 nitrogen and oxygen atoms in total. The second-order valence-electron chi connectivity index (χ2n) is 4.42. The van der Waals surface area contributed by atoms with Gasteiger partial charge in [0.1, 0.15) is 5.75 Å². The molecule has 0 aliphatic carbocycles. The molecule has 0 radical (unpaired) electrons. The maximum absolute atomic E-state index is 12.0. The molecule has 0 saturated carbocycles. The van der Waals surface area contributed by atoms with Crippen LogP contribution < -0.4 is 10.1 Å². The molecule has 0 aromatic heterocycles. The first-order valence-electron chi connectivity index (χ1n) is 5.91. The summed E-state index contributed by atoms with van der Waals surface area (Å²) in [5.74, 6) is -0.240. The molecule has 0 fully saturated rings. The van der Waals surface area contributed by atoms with Crippen LogP contribution >= 0.6 is 0 Å². The van der Waals surface area contributed by atoms with Gasteiger partial charge in [-0.2, -0.15) is 13.2 Å². The van der Waals surface area contributed by atoms with Gasteiger partial charge in [-0.1, -0.05) is 17.7 Å². The minimum Gasteiger partial charge on any atom is -0.484 e. The highest BCUT2D eigenvalue weighted by atomic mass is 19.4. The Hall–Kier alpha value is -1.76. The monoisotopic (exact) mass is 291 g/mol. The maximum Gasteiger partial charge on any atom is 0.416 e. The Balaban J connectivity index is 2.40. The van der Waals surface area contributed by atoms with Gasteiger partial charge in [0, 0.05) is 0 Å². The topological polar surface area (TPSA) is 58.6 Å². The van der Waals surface area contributed by atoms with E-state index in [1.807, 2.05) is 18.3 Å². The number of amides is 1. The summed E-state index contributed by atoms with van der Waals surface area (Å²) in [6.45, 7) is 2.41. The van der Waals surface area contributed by atoms with Crippen molar-refractivity contribution in [3.8, 4) is 5.75 Å².